The van der Waals surface area contributed by atoms with E-state index in [0.29, 0.717) is 18.5 Å². The van der Waals surface area contributed by atoms with Crippen molar-refractivity contribution in [2.45, 2.75) is 32.2 Å². The SMILES string of the molecule is CCCC1(c2ccccc2)NC(=O)N(CC(=O)Nc2ccc(C)c(Br)c2)C1=O. The number of carbonyl (C=O) groups excluding carboxylic acids is 3. The fourth-order valence-electron chi connectivity index (χ4n) is 3.39. The van der Waals surface area contributed by atoms with E-state index in [0.717, 1.165) is 20.5 Å². The van der Waals surface area contributed by atoms with Crippen LogP contribution in [0.25, 0.3) is 0 Å². The molecule has 1 heterocycles. The van der Waals surface area contributed by atoms with E-state index in [1.54, 1.807) is 12.1 Å². The Morgan fingerprint density at radius 3 is 2.54 bits per heavy atom. The zero-order valence-electron chi connectivity index (χ0n) is 15.8. The average Bonchev–Trinajstić information content (AvgIpc) is 2.91. The summed E-state index contributed by atoms with van der Waals surface area (Å²) in [6.07, 6.45) is 1.17. The van der Waals surface area contributed by atoms with Gasteiger partial charge in [0.05, 0.1) is 0 Å². The lowest BCUT2D eigenvalue weighted by molar-refractivity contribution is -0.134. The zero-order valence-corrected chi connectivity index (χ0v) is 17.4. The van der Waals surface area contributed by atoms with Crippen molar-refractivity contribution in [2.75, 3.05) is 11.9 Å². The number of nitrogens with one attached hydrogen (secondary N) is 2. The highest BCUT2D eigenvalue weighted by Crippen LogP contribution is 2.33. The Balaban J connectivity index is 1.79. The molecular formula is C21H22BrN3O3. The van der Waals surface area contributed by atoms with Gasteiger partial charge in [0.1, 0.15) is 12.1 Å². The summed E-state index contributed by atoms with van der Waals surface area (Å²) in [6, 6.07) is 14.0. The molecule has 1 fully saturated rings. The highest BCUT2D eigenvalue weighted by molar-refractivity contribution is 9.10. The zero-order chi connectivity index (χ0) is 20.3. The molecule has 2 N–H and O–H groups in total. The molecule has 1 atom stereocenters. The Morgan fingerprint density at radius 2 is 1.89 bits per heavy atom. The second-order valence-corrected chi connectivity index (χ2v) is 7.71. The lowest BCUT2D eigenvalue weighted by atomic mass is 9.85. The van der Waals surface area contributed by atoms with Crippen LogP contribution in [-0.2, 0) is 15.1 Å². The molecule has 0 saturated carbocycles. The van der Waals surface area contributed by atoms with Crippen molar-refractivity contribution < 1.29 is 14.4 Å². The molecule has 0 aromatic heterocycles. The number of imide groups is 1. The van der Waals surface area contributed by atoms with Gasteiger partial charge in [-0.15, -0.1) is 0 Å². The fourth-order valence-corrected chi connectivity index (χ4v) is 3.77. The molecule has 28 heavy (non-hydrogen) atoms. The van der Waals surface area contributed by atoms with Gasteiger partial charge in [-0.3, -0.25) is 14.5 Å². The maximum absolute atomic E-state index is 13.2. The number of halogens is 1. The maximum atomic E-state index is 13.2. The quantitative estimate of drug-likeness (QED) is 0.663. The van der Waals surface area contributed by atoms with Crippen molar-refractivity contribution in [3.63, 3.8) is 0 Å². The third-order valence-corrected chi connectivity index (χ3v) is 5.68. The van der Waals surface area contributed by atoms with E-state index < -0.39 is 23.4 Å². The van der Waals surface area contributed by atoms with Crippen molar-refractivity contribution in [1.82, 2.24) is 10.2 Å². The molecule has 3 rings (SSSR count). The molecule has 1 aliphatic rings. The number of aryl methyl sites for hydroxylation is 1. The van der Waals surface area contributed by atoms with Crippen LogP contribution in [0.1, 0.15) is 30.9 Å². The summed E-state index contributed by atoms with van der Waals surface area (Å²) in [5.41, 5.74) is 1.23. The number of hydrogen-bond acceptors (Lipinski definition) is 3. The largest absolute Gasteiger partial charge is 0.325 e. The van der Waals surface area contributed by atoms with E-state index >= 15 is 0 Å². The first-order valence-electron chi connectivity index (χ1n) is 9.13. The van der Waals surface area contributed by atoms with Crippen molar-refractivity contribution in [1.29, 1.82) is 0 Å². The summed E-state index contributed by atoms with van der Waals surface area (Å²) >= 11 is 3.42. The van der Waals surface area contributed by atoms with Gasteiger partial charge in [0, 0.05) is 10.2 Å². The molecule has 146 valence electrons. The molecule has 6 nitrogen and oxygen atoms in total. The topological polar surface area (TPSA) is 78.5 Å². The van der Waals surface area contributed by atoms with Gasteiger partial charge < -0.3 is 10.6 Å². The molecule has 2 aromatic rings. The van der Waals surface area contributed by atoms with Gasteiger partial charge >= 0.3 is 6.03 Å². The average molecular weight is 444 g/mol. The number of nitrogens with zero attached hydrogens (tertiary/aromatic N) is 1. The van der Waals surface area contributed by atoms with Gasteiger partial charge in [0.15, 0.2) is 0 Å². The van der Waals surface area contributed by atoms with Gasteiger partial charge in [-0.05, 0) is 36.6 Å². The van der Waals surface area contributed by atoms with Gasteiger partial charge in [0.25, 0.3) is 5.91 Å². The minimum atomic E-state index is -1.12. The fraction of sp³-hybridized carbons (Fsp3) is 0.286. The Labute approximate surface area is 172 Å². The highest BCUT2D eigenvalue weighted by atomic mass is 79.9. The number of amides is 4. The van der Waals surface area contributed by atoms with E-state index in [1.165, 1.54) is 0 Å². The van der Waals surface area contributed by atoms with Crippen molar-refractivity contribution in [2.24, 2.45) is 0 Å². The first-order chi connectivity index (χ1) is 13.4. The van der Waals surface area contributed by atoms with Crippen LogP contribution in [0.2, 0.25) is 0 Å². The Hall–Kier alpha value is -2.67. The van der Waals surface area contributed by atoms with Gasteiger partial charge in [0.2, 0.25) is 5.91 Å². The Kier molecular flexibility index (Phi) is 5.84. The molecule has 0 bridgehead atoms. The van der Waals surface area contributed by atoms with Crippen LogP contribution < -0.4 is 10.6 Å². The number of hydrogen-bond donors (Lipinski definition) is 2. The number of rotatable bonds is 6. The smallest absolute Gasteiger partial charge is 0.324 e. The van der Waals surface area contributed by atoms with Crippen molar-refractivity contribution >= 4 is 39.5 Å². The number of urea groups is 1. The lowest BCUT2D eigenvalue weighted by Crippen LogP contribution is -2.44. The molecule has 0 aliphatic carbocycles. The molecule has 4 amide bonds. The van der Waals surface area contributed by atoms with E-state index in [1.807, 2.05) is 50.2 Å². The summed E-state index contributed by atoms with van der Waals surface area (Å²) in [5, 5.41) is 5.55. The van der Waals surface area contributed by atoms with E-state index in [2.05, 4.69) is 26.6 Å². The maximum Gasteiger partial charge on any atom is 0.325 e. The van der Waals surface area contributed by atoms with Crippen LogP contribution in [0.3, 0.4) is 0 Å². The molecule has 1 saturated heterocycles. The first-order valence-corrected chi connectivity index (χ1v) is 9.92. The number of benzene rings is 2. The second kappa shape index (κ2) is 8.14. The van der Waals surface area contributed by atoms with Crippen molar-refractivity contribution in [3.8, 4) is 0 Å². The molecule has 2 aromatic carbocycles. The molecule has 1 unspecified atom stereocenters. The Bertz CT molecular complexity index is 916. The highest BCUT2D eigenvalue weighted by Gasteiger charge is 2.52. The van der Waals surface area contributed by atoms with Crippen LogP contribution in [0.5, 0.6) is 0 Å². The molecule has 0 spiro atoms. The molecule has 1 aliphatic heterocycles. The van der Waals surface area contributed by atoms with Gasteiger partial charge in [-0.25, -0.2) is 4.79 Å². The normalized spacial score (nSPS) is 18.9. The number of anilines is 1. The minimum absolute atomic E-state index is 0.339. The third kappa shape index (κ3) is 3.80. The van der Waals surface area contributed by atoms with E-state index in [9.17, 15) is 14.4 Å². The lowest BCUT2D eigenvalue weighted by Gasteiger charge is -2.26. The van der Waals surface area contributed by atoms with Crippen LogP contribution in [-0.4, -0.2) is 29.3 Å². The summed E-state index contributed by atoms with van der Waals surface area (Å²) in [7, 11) is 0. The van der Waals surface area contributed by atoms with Crippen LogP contribution in [0, 0.1) is 6.92 Å². The summed E-state index contributed by atoms with van der Waals surface area (Å²) in [6.45, 7) is 3.56. The summed E-state index contributed by atoms with van der Waals surface area (Å²) in [4.78, 5) is 39.2. The van der Waals surface area contributed by atoms with Crippen molar-refractivity contribution in [3.05, 3.63) is 64.1 Å². The summed E-state index contributed by atoms with van der Waals surface area (Å²) in [5.74, 6) is -0.828. The monoisotopic (exact) mass is 443 g/mol. The van der Waals surface area contributed by atoms with E-state index in [-0.39, 0.29) is 6.54 Å². The first kappa shape index (κ1) is 20.1. The predicted molar refractivity (Wildman–Crippen MR) is 111 cm³/mol. The minimum Gasteiger partial charge on any atom is -0.324 e. The molecule has 0 radical (unpaired) electrons. The van der Waals surface area contributed by atoms with Crippen LogP contribution in [0.4, 0.5) is 10.5 Å². The Morgan fingerprint density at radius 1 is 1.18 bits per heavy atom. The number of carbonyl (C=O) groups is 3. The van der Waals surface area contributed by atoms with Crippen LogP contribution >= 0.6 is 15.9 Å². The third-order valence-electron chi connectivity index (χ3n) is 4.82. The molecular weight excluding hydrogens is 422 g/mol. The standard InChI is InChI=1S/C21H22BrN3O3/c1-3-11-21(15-7-5-4-6-8-15)19(27)25(20(28)24-21)13-18(26)23-16-10-9-14(2)17(22)12-16/h4-10,12H,3,11,13H2,1-2H3,(H,23,26)(H,24,28). The van der Waals surface area contributed by atoms with Gasteiger partial charge in [-0.1, -0.05) is 65.7 Å². The predicted octanol–water partition coefficient (Wildman–Crippen LogP) is 3.94. The van der Waals surface area contributed by atoms with Crippen LogP contribution in [0.15, 0.2) is 53.0 Å². The second-order valence-electron chi connectivity index (χ2n) is 6.85. The molecule has 7 heteroatoms. The van der Waals surface area contributed by atoms with E-state index in [4.69, 9.17) is 0 Å². The van der Waals surface area contributed by atoms with Gasteiger partial charge in [-0.2, -0.15) is 0 Å². The summed E-state index contributed by atoms with van der Waals surface area (Å²) < 4.78 is 0.867.